The summed E-state index contributed by atoms with van der Waals surface area (Å²) in [5.41, 5.74) is 3.20. The van der Waals surface area contributed by atoms with Crippen LogP contribution in [0.15, 0.2) is 53.2 Å². The van der Waals surface area contributed by atoms with Crippen molar-refractivity contribution in [3.05, 3.63) is 77.3 Å². The summed E-state index contributed by atoms with van der Waals surface area (Å²) in [6.45, 7) is 2.09. The SMILES string of the molecule is Cc1c(F)cccc1N1CC(c2noc(Cc3c[nH]c4ccccc34)n2)CC1=O. The van der Waals surface area contributed by atoms with Gasteiger partial charge in [0.05, 0.1) is 6.42 Å². The highest BCUT2D eigenvalue weighted by Gasteiger charge is 2.35. The van der Waals surface area contributed by atoms with E-state index in [4.69, 9.17) is 4.52 Å². The van der Waals surface area contributed by atoms with Crippen molar-refractivity contribution in [2.24, 2.45) is 0 Å². The molecule has 0 spiro atoms. The van der Waals surface area contributed by atoms with Gasteiger partial charge in [-0.05, 0) is 30.7 Å². The van der Waals surface area contributed by atoms with Crippen molar-refractivity contribution in [1.29, 1.82) is 0 Å². The minimum Gasteiger partial charge on any atom is -0.361 e. The number of hydrogen-bond donors (Lipinski definition) is 1. The molecule has 4 aromatic rings. The van der Waals surface area contributed by atoms with E-state index in [2.05, 4.69) is 15.1 Å². The Bertz CT molecular complexity index is 1210. The molecule has 5 rings (SSSR count). The van der Waals surface area contributed by atoms with E-state index < -0.39 is 0 Å². The lowest BCUT2D eigenvalue weighted by atomic mass is 10.1. The van der Waals surface area contributed by atoms with Crippen LogP contribution in [0, 0.1) is 12.7 Å². The van der Waals surface area contributed by atoms with E-state index in [0.29, 0.717) is 35.9 Å². The van der Waals surface area contributed by atoms with Crippen LogP contribution in [0.4, 0.5) is 10.1 Å². The van der Waals surface area contributed by atoms with Gasteiger partial charge in [-0.25, -0.2) is 4.39 Å². The summed E-state index contributed by atoms with van der Waals surface area (Å²) in [6.07, 6.45) is 2.74. The van der Waals surface area contributed by atoms with Crippen LogP contribution >= 0.6 is 0 Å². The number of carbonyl (C=O) groups excluding carboxylic acids is 1. The first-order chi connectivity index (χ1) is 14.1. The van der Waals surface area contributed by atoms with Crippen LogP contribution < -0.4 is 4.90 Å². The van der Waals surface area contributed by atoms with Crippen LogP contribution in [-0.4, -0.2) is 27.6 Å². The Labute approximate surface area is 166 Å². The second kappa shape index (κ2) is 6.84. The van der Waals surface area contributed by atoms with Gasteiger partial charge in [-0.3, -0.25) is 4.79 Å². The number of amides is 1. The summed E-state index contributed by atoms with van der Waals surface area (Å²) >= 11 is 0. The molecule has 0 aliphatic carbocycles. The number of nitrogens with one attached hydrogen (secondary N) is 1. The predicted molar refractivity (Wildman–Crippen MR) is 106 cm³/mol. The zero-order chi connectivity index (χ0) is 20.0. The number of para-hydroxylation sites is 1. The molecule has 1 N–H and O–H groups in total. The molecule has 1 aliphatic rings. The van der Waals surface area contributed by atoms with E-state index in [1.54, 1.807) is 24.0 Å². The molecule has 1 amide bonds. The molecule has 0 saturated carbocycles. The van der Waals surface area contributed by atoms with Gasteiger partial charge < -0.3 is 14.4 Å². The zero-order valence-electron chi connectivity index (χ0n) is 15.9. The molecular formula is C22H19FN4O2. The maximum atomic E-state index is 13.9. The van der Waals surface area contributed by atoms with Crippen molar-refractivity contribution in [3.63, 3.8) is 0 Å². The molecule has 1 unspecified atom stereocenters. The molecular weight excluding hydrogens is 371 g/mol. The van der Waals surface area contributed by atoms with Gasteiger partial charge >= 0.3 is 0 Å². The Balaban J connectivity index is 1.36. The number of hydrogen-bond acceptors (Lipinski definition) is 4. The third kappa shape index (κ3) is 3.08. The molecule has 6 nitrogen and oxygen atoms in total. The topological polar surface area (TPSA) is 75.0 Å². The summed E-state index contributed by atoms with van der Waals surface area (Å²) in [5.74, 6) is 0.471. The number of nitrogens with zero attached hydrogens (tertiary/aromatic N) is 3. The van der Waals surface area contributed by atoms with E-state index in [9.17, 15) is 9.18 Å². The van der Waals surface area contributed by atoms with Crippen molar-refractivity contribution < 1.29 is 13.7 Å². The van der Waals surface area contributed by atoms with Crippen LogP contribution in [-0.2, 0) is 11.2 Å². The fourth-order valence-corrected chi connectivity index (χ4v) is 3.95. The van der Waals surface area contributed by atoms with Crippen LogP contribution in [0.1, 0.15) is 35.2 Å². The molecule has 0 bridgehead atoms. The van der Waals surface area contributed by atoms with Gasteiger partial charge in [0.2, 0.25) is 11.8 Å². The third-order valence-corrected chi connectivity index (χ3v) is 5.52. The molecule has 1 saturated heterocycles. The zero-order valence-corrected chi connectivity index (χ0v) is 15.9. The van der Waals surface area contributed by atoms with E-state index >= 15 is 0 Å². The number of carbonyl (C=O) groups is 1. The van der Waals surface area contributed by atoms with Crippen molar-refractivity contribution in [2.75, 3.05) is 11.4 Å². The predicted octanol–water partition coefficient (Wildman–Crippen LogP) is 4.11. The monoisotopic (exact) mass is 390 g/mol. The van der Waals surface area contributed by atoms with Gasteiger partial charge in [-0.2, -0.15) is 4.98 Å². The Morgan fingerprint density at radius 3 is 3.00 bits per heavy atom. The van der Waals surface area contributed by atoms with Crippen LogP contribution in [0.5, 0.6) is 0 Å². The van der Waals surface area contributed by atoms with Gasteiger partial charge in [-0.1, -0.05) is 29.4 Å². The van der Waals surface area contributed by atoms with Gasteiger partial charge in [0.25, 0.3) is 0 Å². The minimum atomic E-state index is -0.320. The number of anilines is 1. The Hall–Kier alpha value is -3.48. The van der Waals surface area contributed by atoms with Crippen LogP contribution in [0.25, 0.3) is 10.9 Å². The van der Waals surface area contributed by atoms with Crippen LogP contribution in [0.3, 0.4) is 0 Å². The van der Waals surface area contributed by atoms with E-state index in [1.807, 2.05) is 30.5 Å². The summed E-state index contributed by atoms with van der Waals surface area (Å²) in [5, 5.41) is 5.23. The molecule has 2 aromatic heterocycles. The second-order valence-corrected chi connectivity index (χ2v) is 7.37. The minimum absolute atomic E-state index is 0.0633. The first kappa shape index (κ1) is 17.6. The smallest absolute Gasteiger partial charge is 0.231 e. The number of aromatic amines is 1. The number of benzene rings is 2. The van der Waals surface area contributed by atoms with Gasteiger partial charge in [0.1, 0.15) is 5.82 Å². The molecule has 0 radical (unpaired) electrons. The Kier molecular flexibility index (Phi) is 4.16. The number of rotatable bonds is 4. The van der Waals surface area contributed by atoms with Crippen molar-refractivity contribution in [2.45, 2.75) is 25.7 Å². The van der Waals surface area contributed by atoms with Crippen molar-refractivity contribution in [1.82, 2.24) is 15.1 Å². The molecule has 7 heteroatoms. The summed E-state index contributed by atoms with van der Waals surface area (Å²) in [4.78, 5) is 21.9. The average Bonchev–Trinajstić information content (AvgIpc) is 3.44. The fraction of sp³-hybridized carbons (Fsp3) is 0.227. The summed E-state index contributed by atoms with van der Waals surface area (Å²) in [6, 6.07) is 12.8. The second-order valence-electron chi connectivity index (χ2n) is 7.37. The number of H-pyrrole nitrogens is 1. The van der Waals surface area contributed by atoms with Crippen molar-refractivity contribution in [3.8, 4) is 0 Å². The maximum Gasteiger partial charge on any atom is 0.231 e. The van der Waals surface area contributed by atoms with E-state index in [1.165, 1.54) is 6.07 Å². The summed E-state index contributed by atoms with van der Waals surface area (Å²) < 4.78 is 19.3. The molecule has 1 aliphatic heterocycles. The van der Waals surface area contributed by atoms with E-state index in [0.717, 1.165) is 16.5 Å². The molecule has 2 aromatic carbocycles. The molecule has 29 heavy (non-hydrogen) atoms. The number of fused-ring (bicyclic) bond motifs is 1. The van der Waals surface area contributed by atoms with Gasteiger partial charge in [-0.15, -0.1) is 0 Å². The normalized spacial score (nSPS) is 16.8. The highest BCUT2D eigenvalue weighted by Crippen LogP contribution is 2.33. The Morgan fingerprint density at radius 1 is 1.24 bits per heavy atom. The first-order valence-electron chi connectivity index (χ1n) is 9.53. The van der Waals surface area contributed by atoms with E-state index in [-0.39, 0.29) is 24.1 Å². The molecule has 146 valence electrons. The quantitative estimate of drug-likeness (QED) is 0.569. The van der Waals surface area contributed by atoms with Gasteiger partial charge in [0, 0.05) is 47.2 Å². The lowest BCUT2D eigenvalue weighted by molar-refractivity contribution is -0.117. The third-order valence-electron chi connectivity index (χ3n) is 5.52. The maximum absolute atomic E-state index is 13.9. The first-order valence-corrected chi connectivity index (χ1v) is 9.53. The van der Waals surface area contributed by atoms with Gasteiger partial charge in [0.15, 0.2) is 5.82 Å². The lowest BCUT2D eigenvalue weighted by Crippen LogP contribution is -2.25. The van der Waals surface area contributed by atoms with Crippen LogP contribution in [0.2, 0.25) is 0 Å². The number of halogens is 1. The molecule has 1 atom stereocenters. The molecule has 1 fully saturated rings. The number of aromatic nitrogens is 3. The standard InChI is InChI=1S/C22H19FN4O2/c1-13-17(23)6-4-8-19(13)27-12-15(10-21(27)28)22-25-20(29-26-22)9-14-11-24-18-7-3-2-5-16(14)18/h2-8,11,15,24H,9-10,12H2,1H3. The largest absolute Gasteiger partial charge is 0.361 e. The highest BCUT2D eigenvalue weighted by molar-refractivity contribution is 5.97. The Morgan fingerprint density at radius 2 is 2.10 bits per heavy atom. The average molecular weight is 390 g/mol. The highest BCUT2D eigenvalue weighted by atomic mass is 19.1. The lowest BCUT2D eigenvalue weighted by Gasteiger charge is -2.18. The van der Waals surface area contributed by atoms with Crippen molar-refractivity contribution >= 4 is 22.5 Å². The summed E-state index contributed by atoms with van der Waals surface area (Å²) in [7, 11) is 0. The molecule has 3 heterocycles. The fourth-order valence-electron chi connectivity index (χ4n) is 3.95.